The first kappa shape index (κ1) is 16.3. The molecule has 0 aliphatic rings. The lowest BCUT2D eigenvalue weighted by Crippen LogP contribution is -2.10. The van der Waals surface area contributed by atoms with Crippen molar-refractivity contribution in [3.05, 3.63) is 48.5 Å². The van der Waals surface area contributed by atoms with Crippen LogP contribution < -0.4 is 8.92 Å². The number of sulfone groups is 1. The van der Waals surface area contributed by atoms with Crippen molar-refractivity contribution in [1.29, 1.82) is 0 Å². The Labute approximate surface area is 129 Å². The van der Waals surface area contributed by atoms with Crippen molar-refractivity contribution in [2.75, 3.05) is 13.4 Å². The lowest BCUT2D eigenvalue weighted by molar-refractivity contribution is 0.390. The summed E-state index contributed by atoms with van der Waals surface area (Å²) < 4.78 is 57.2. The van der Waals surface area contributed by atoms with Gasteiger partial charge in [-0.15, -0.1) is 0 Å². The normalized spacial score (nSPS) is 11.9. The standard InChI is InChI=1S/C14H14O6S2/c1-19-13-5-3-4-6-14(13)20-22(17,18)12-9-7-11(8-10-12)21(2,15)16/h3-10H,1-2H3. The van der Waals surface area contributed by atoms with E-state index in [9.17, 15) is 16.8 Å². The van der Waals surface area contributed by atoms with Crippen molar-refractivity contribution in [3.8, 4) is 11.5 Å². The lowest BCUT2D eigenvalue weighted by Gasteiger charge is -2.10. The van der Waals surface area contributed by atoms with Crippen molar-refractivity contribution >= 4 is 20.0 Å². The summed E-state index contributed by atoms with van der Waals surface area (Å²) in [5, 5.41) is 0. The second-order valence-corrected chi connectivity index (χ2v) is 7.99. The molecular weight excluding hydrogens is 328 g/mol. The number of para-hydroxylation sites is 2. The topological polar surface area (TPSA) is 86.7 Å². The monoisotopic (exact) mass is 342 g/mol. The van der Waals surface area contributed by atoms with E-state index in [0.717, 1.165) is 6.26 Å². The van der Waals surface area contributed by atoms with Crippen LogP contribution in [0.25, 0.3) is 0 Å². The summed E-state index contributed by atoms with van der Waals surface area (Å²) >= 11 is 0. The molecule has 0 radical (unpaired) electrons. The maximum atomic E-state index is 12.2. The van der Waals surface area contributed by atoms with Gasteiger partial charge in [-0.3, -0.25) is 0 Å². The van der Waals surface area contributed by atoms with E-state index >= 15 is 0 Å². The van der Waals surface area contributed by atoms with E-state index in [2.05, 4.69) is 0 Å². The Balaban J connectivity index is 2.35. The zero-order chi connectivity index (χ0) is 16.4. The molecule has 0 amide bonds. The van der Waals surface area contributed by atoms with Gasteiger partial charge in [-0.1, -0.05) is 12.1 Å². The molecule has 0 saturated carbocycles. The molecule has 2 rings (SSSR count). The molecule has 22 heavy (non-hydrogen) atoms. The Morgan fingerprint density at radius 1 is 0.773 bits per heavy atom. The number of benzene rings is 2. The van der Waals surface area contributed by atoms with Crippen LogP contribution in [0, 0.1) is 0 Å². The Hall–Kier alpha value is -2.06. The van der Waals surface area contributed by atoms with Gasteiger partial charge in [0.15, 0.2) is 21.3 Å². The molecule has 0 fully saturated rings. The molecular formula is C14H14O6S2. The predicted molar refractivity (Wildman–Crippen MR) is 80.4 cm³/mol. The van der Waals surface area contributed by atoms with Gasteiger partial charge >= 0.3 is 10.1 Å². The molecule has 0 spiro atoms. The summed E-state index contributed by atoms with van der Waals surface area (Å²) in [6.45, 7) is 0. The summed E-state index contributed by atoms with van der Waals surface area (Å²) in [6, 6.07) is 11.1. The second kappa shape index (κ2) is 5.98. The third kappa shape index (κ3) is 3.58. The lowest BCUT2D eigenvalue weighted by atomic mass is 10.3. The first-order valence-electron chi connectivity index (χ1n) is 6.12. The van der Waals surface area contributed by atoms with Crippen LogP contribution in [-0.2, 0) is 20.0 Å². The van der Waals surface area contributed by atoms with E-state index in [4.69, 9.17) is 8.92 Å². The molecule has 0 bridgehead atoms. The van der Waals surface area contributed by atoms with E-state index < -0.39 is 20.0 Å². The maximum absolute atomic E-state index is 12.2. The van der Waals surface area contributed by atoms with Gasteiger partial charge in [0, 0.05) is 6.26 Å². The van der Waals surface area contributed by atoms with E-state index in [-0.39, 0.29) is 21.3 Å². The number of hydrogen-bond acceptors (Lipinski definition) is 6. The van der Waals surface area contributed by atoms with Crippen molar-refractivity contribution < 1.29 is 25.8 Å². The third-order valence-electron chi connectivity index (χ3n) is 2.81. The van der Waals surface area contributed by atoms with Crippen LogP contribution >= 0.6 is 0 Å². The van der Waals surface area contributed by atoms with E-state index in [1.165, 1.54) is 37.4 Å². The number of ether oxygens (including phenoxy) is 1. The van der Waals surface area contributed by atoms with Crippen LogP contribution in [-0.4, -0.2) is 30.2 Å². The van der Waals surface area contributed by atoms with E-state index in [1.807, 2.05) is 0 Å². The Bertz CT molecular complexity index is 868. The number of rotatable bonds is 5. The van der Waals surface area contributed by atoms with Gasteiger partial charge in [0.2, 0.25) is 0 Å². The molecule has 0 atom stereocenters. The highest BCUT2D eigenvalue weighted by Crippen LogP contribution is 2.29. The first-order chi connectivity index (χ1) is 10.2. The van der Waals surface area contributed by atoms with Gasteiger partial charge in [-0.25, -0.2) is 8.42 Å². The Kier molecular flexibility index (Phi) is 4.43. The van der Waals surface area contributed by atoms with Gasteiger partial charge in [0.05, 0.1) is 12.0 Å². The van der Waals surface area contributed by atoms with Crippen LogP contribution in [0.15, 0.2) is 58.3 Å². The van der Waals surface area contributed by atoms with Gasteiger partial charge in [0.1, 0.15) is 4.90 Å². The predicted octanol–water partition coefficient (Wildman–Crippen LogP) is 1.87. The Morgan fingerprint density at radius 3 is 1.77 bits per heavy atom. The van der Waals surface area contributed by atoms with E-state index in [0.29, 0.717) is 0 Å². The molecule has 118 valence electrons. The number of hydrogen-bond donors (Lipinski definition) is 0. The van der Waals surface area contributed by atoms with Gasteiger partial charge in [-0.05, 0) is 36.4 Å². The SMILES string of the molecule is COc1ccccc1OS(=O)(=O)c1ccc(S(C)(=O)=O)cc1. The molecule has 0 aliphatic carbocycles. The van der Waals surface area contributed by atoms with Gasteiger partial charge in [0.25, 0.3) is 0 Å². The fraction of sp³-hybridized carbons (Fsp3) is 0.143. The minimum absolute atomic E-state index is 0.0312. The third-order valence-corrected chi connectivity index (χ3v) is 5.19. The molecule has 0 aromatic heterocycles. The fourth-order valence-corrected chi connectivity index (χ4v) is 3.28. The van der Waals surface area contributed by atoms with Gasteiger partial charge in [-0.2, -0.15) is 8.42 Å². The smallest absolute Gasteiger partial charge is 0.339 e. The van der Waals surface area contributed by atoms with Crippen molar-refractivity contribution in [2.24, 2.45) is 0 Å². The van der Waals surface area contributed by atoms with Crippen LogP contribution in [0.4, 0.5) is 0 Å². The van der Waals surface area contributed by atoms with E-state index in [1.54, 1.807) is 18.2 Å². The highest BCUT2D eigenvalue weighted by molar-refractivity contribution is 7.90. The first-order valence-corrected chi connectivity index (χ1v) is 9.41. The minimum atomic E-state index is -4.08. The molecule has 0 saturated heterocycles. The quantitative estimate of drug-likeness (QED) is 0.771. The summed E-state index contributed by atoms with van der Waals surface area (Å²) in [4.78, 5) is -0.116. The summed E-state index contributed by atoms with van der Waals surface area (Å²) in [6.07, 6.45) is 1.04. The molecule has 0 heterocycles. The average Bonchev–Trinajstić information content (AvgIpc) is 2.47. The van der Waals surface area contributed by atoms with Crippen LogP contribution in [0.1, 0.15) is 0 Å². The van der Waals surface area contributed by atoms with Crippen molar-refractivity contribution in [1.82, 2.24) is 0 Å². The molecule has 2 aromatic carbocycles. The van der Waals surface area contributed by atoms with Crippen LogP contribution in [0.5, 0.6) is 11.5 Å². The van der Waals surface area contributed by atoms with Crippen molar-refractivity contribution in [2.45, 2.75) is 9.79 Å². The molecule has 0 N–H and O–H groups in total. The molecule has 6 nitrogen and oxygen atoms in total. The molecule has 8 heteroatoms. The fourth-order valence-electron chi connectivity index (χ4n) is 1.71. The highest BCUT2D eigenvalue weighted by atomic mass is 32.2. The zero-order valence-corrected chi connectivity index (χ0v) is 13.5. The van der Waals surface area contributed by atoms with Crippen LogP contribution in [0.2, 0.25) is 0 Å². The Morgan fingerprint density at radius 2 is 1.27 bits per heavy atom. The maximum Gasteiger partial charge on any atom is 0.339 e. The van der Waals surface area contributed by atoms with Crippen molar-refractivity contribution in [3.63, 3.8) is 0 Å². The number of methoxy groups -OCH3 is 1. The summed E-state index contributed by atoms with van der Waals surface area (Å²) in [5.41, 5.74) is 0. The molecule has 0 aliphatic heterocycles. The summed E-state index contributed by atoms with van der Waals surface area (Å²) in [5.74, 6) is 0.330. The van der Waals surface area contributed by atoms with Crippen LogP contribution in [0.3, 0.4) is 0 Å². The average molecular weight is 342 g/mol. The van der Waals surface area contributed by atoms with Gasteiger partial charge < -0.3 is 8.92 Å². The highest BCUT2D eigenvalue weighted by Gasteiger charge is 2.19. The largest absolute Gasteiger partial charge is 0.493 e. The molecule has 2 aromatic rings. The minimum Gasteiger partial charge on any atom is -0.493 e. The zero-order valence-electron chi connectivity index (χ0n) is 11.9. The summed E-state index contributed by atoms with van der Waals surface area (Å²) in [7, 11) is -6.07. The molecule has 0 unspecified atom stereocenters. The second-order valence-electron chi connectivity index (χ2n) is 4.43.